The zero-order valence-corrected chi connectivity index (χ0v) is 27.5. The lowest BCUT2D eigenvalue weighted by atomic mass is 9.43. The number of fused-ring (bicyclic) bond motifs is 2. The molecule has 4 unspecified atom stereocenters. The van der Waals surface area contributed by atoms with Crippen molar-refractivity contribution in [3.05, 3.63) is 11.6 Å². The van der Waals surface area contributed by atoms with Crippen molar-refractivity contribution in [3.8, 4) is 0 Å². The monoisotopic (exact) mass is 618 g/mol. The number of carboxylic acids is 1. The molecule has 5 rings (SSSR count). The van der Waals surface area contributed by atoms with Gasteiger partial charge in [-0.1, -0.05) is 71.4 Å². The Morgan fingerprint density at radius 2 is 1.84 bits per heavy atom. The van der Waals surface area contributed by atoms with Crippen molar-refractivity contribution < 1.29 is 43.5 Å². The van der Waals surface area contributed by atoms with E-state index in [0.717, 1.165) is 56.8 Å². The number of hydrogen-bond donors (Lipinski definition) is 2. The highest BCUT2D eigenvalue weighted by Crippen LogP contribution is 2.82. The molecular formula is C35H54O9. The average molecular weight is 619 g/mol. The maximum atomic E-state index is 13.7. The molecule has 0 aromatic rings. The summed E-state index contributed by atoms with van der Waals surface area (Å²) < 4.78 is 24.0. The molecule has 4 bridgehead atoms. The largest absolute Gasteiger partial charge is 0.481 e. The van der Waals surface area contributed by atoms with Crippen LogP contribution >= 0.6 is 0 Å². The molecule has 4 aliphatic carbocycles. The SMILES string of the molecule is CCCCCCCC(=O)O[C@H]1[C@H](O)[C@H](OCC23C[C@@H]4[C@H](C)CC[C@H]4C4(C=O)CC2C=C(C(C)C)C34C(=O)O)O[C@H](C)[C@H]1OC. The van der Waals surface area contributed by atoms with E-state index in [2.05, 4.69) is 19.9 Å². The third-order valence-electron chi connectivity index (χ3n) is 12.4. The Hall–Kier alpha value is -1.81. The number of carboxylic acid groups (broad SMARTS) is 1. The summed E-state index contributed by atoms with van der Waals surface area (Å²) in [6.45, 7) is 10.2. The van der Waals surface area contributed by atoms with Gasteiger partial charge in [-0.15, -0.1) is 0 Å². The van der Waals surface area contributed by atoms with E-state index in [1.807, 2.05) is 13.8 Å². The van der Waals surface area contributed by atoms with Gasteiger partial charge in [0.2, 0.25) is 0 Å². The van der Waals surface area contributed by atoms with Crippen LogP contribution in [0.25, 0.3) is 0 Å². The third-order valence-corrected chi connectivity index (χ3v) is 12.4. The van der Waals surface area contributed by atoms with Crippen LogP contribution in [0.3, 0.4) is 0 Å². The summed E-state index contributed by atoms with van der Waals surface area (Å²) in [5.41, 5.74) is -2.40. The number of carbonyl (C=O) groups is 3. The van der Waals surface area contributed by atoms with Crippen molar-refractivity contribution >= 4 is 18.2 Å². The minimum Gasteiger partial charge on any atom is -0.481 e. The van der Waals surface area contributed by atoms with Gasteiger partial charge < -0.3 is 34.0 Å². The molecule has 0 radical (unpaired) electrons. The van der Waals surface area contributed by atoms with E-state index in [0.29, 0.717) is 18.8 Å². The fourth-order valence-electron chi connectivity index (χ4n) is 10.5. The quantitative estimate of drug-likeness (QED) is 0.115. The summed E-state index contributed by atoms with van der Waals surface area (Å²) in [5.74, 6) is -0.893. The van der Waals surface area contributed by atoms with E-state index in [-0.39, 0.29) is 36.7 Å². The van der Waals surface area contributed by atoms with Crippen LogP contribution in [0.15, 0.2) is 11.6 Å². The molecule has 0 spiro atoms. The highest BCUT2D eigenvalue weighted by molar-refractivity contribution is 5.90. The Bertz CT molecular complexity index is 1120. The van der Waals surface area contributed by atoms with Gasteiger partial charge in [-0.05, 0) is 62.2 Å². The van der Waals surface area contributed by atoms with E-state index in [1.54, 1.807) is 6.92 Å². The van der Waals surface area contributed by atoms with Crippen LogP contribution < -0.4 is 0 Å². The number of hydrogen-bond acceptors (Lipinski definition) is 8. The van der Waals surface area contributed by atoms with Gasteiger partial charge in [-0.2, -0.15) is 0 Å². The van der Waals surface area contributed by atoms with Crippen LogP contribution in [0, 0.1) is 45.8 Å². The topological polar surface area (TPSA) is 129 Å². The number of rotatable bonds is 14. The smallest absolute Gasteiger partial charge is 0.315 e. The number of esters is 1. The van der Waals surface area contributed by atoms with E-state index >= 15 is 0 Å². The fraction of sp³-hybridized carbons (Fsp3) is 0.857. The standard InChI is InChI=1S/C35H54O9/c1-7-8-9-10-11-12-27(37)44-30-28(38)31(43-22(5)29(30)41-6)42-19-34-17-24-21(4)13-14-25(24)33(18-36)16-23(34)15-26(20(2)3)35(33,34)32(39)40/h15,18,20-25,28-31,38H,7-14,16-17,19H2,1-6H3,(H,39,40)/t21-,22-,23?,24-,25-,28+,29-,30+,31-,33?,34?,35?/m1/s1. The number of ether oxygens (including phenoxy) is 4. The Labute approximate surface area is 262 Å². The maximum absolute atomic E-state index is 13.7. The van der Waals surface area contributed by atoms with Gasteiger partial charge in [-0.25, -0.2) is 0 Å². The second kappa shape index (κ2) is 12.8. The Kier molecular flexibility index (Phi) is 9.73. The van der Waals surface area contributed by atoms with Gasteiger partial charge in [0.1, 0.15) is 23.9 Å². The number of methoxy groups -OCH3 is 1. The van der Waals surface area contributed by atoms with Gasteiger partial charge in [-0.3, -0.25) is 9.59 Å². The van der Waals surface area contributed by atoms with Crippen molar-refractivity contribution in [3.63, 3.8) is 0 Å². The van der Waals surface area contributed by atoms with Gasteiger partial charge in [0, 0.05) is 18.9 Å². The number of allylic oxidation sites excluding steroid dienone is 1. The normalized spacial score (nSPS) is 44.0. The van der Waals surface area contributed by atoms with Crippen LogP contribution in [0.5, 0.6) is 0 Å². The molecule has 1 aliphatic heterocycles. The molecule has 2 N–H and O–H groups in total. The summed E-state index contributed by atoms with van der Waals surface area (Å²) in [7, 11) is 1.50. The molecule has 12 atom stereocenters. The molecule has 5 aliphatic rings. The summed E-state index contributed by atoms with van der Waals surface area (Å²) in [6, 6.07) is 0. The first-order valence-corrected chi connectivity index (χ1v) is 17.0. The van der Waals surface area contributed by atoms with Crippen molar-refractivity contribution in [1.82, 2.24) is 0 Å². The van der Waals surface area contributed by atoms with Gasteiger partial charge in [0.25, 0.3) is 0 Å². The minimum atomic E-state index is -1.38. The Morgan fingerprint density at radius 3 is 2.48 bits per heavy atom. The predicted molar refractivity (Wildman–Crippen MR) is 162 cm³/mol. The maximum Gasteiger partial charge on any atom is 0.315 e. The zero-order chi connectivity index (χ0) is 32.0. The molecule has 4 fully saturated rings. The van der Waals surface area contributed by atoms with Gasteiger partial charge >= 0.3 is 11.9 Å². The predicted octanol–water partition coefficient (Wildman–Crippen LogP) is 5.32. The van der Waals surface area contributed by atoms with Crippen molar-refractivity contribution in [2.45, 2.75) is 130 Å². The van der Waals surface area contributed by atoms with Crippen molar-refractivity contribution in [2.75, 3.05) is 13.7 Å². The molecule has 0 aromatic heterocycles. The molecule has 1 saturated heterocycles. The highest BCUT2D eigenvalue weighted by Gasteiger charge is 2.84. The second-order valence-electron chi connectivity index (χ2n) is 14.8. The Balaban J connectivity index is 1.41. The summed E-state index contributed by atoms with van der Waals surface area (Å²) >= 11 is 0. The van der Waals surface area contributed by atoms with Crippen molar-refractivity contribution in [2.24, 2.45) is 45.8 Å². The third kappa shape index (κ3) is 4.82. The highest BCUT2D eigenvalue weighted by atomic mass is 16.7. The molecule has 0 aromatic carbocycles. The van der Waals surface area contributed by atoms with Gasteiger partial charge in [0.05, 0.1) is 18.1 Å². The minimum absolute atomic E-state index is 0.0202. The fourth-order valence-corrected chi connectivity index (χ4v) is 10.5. The number of unbranched alkanes of at least 4 members (excludes halogenated alkanes) is 4. The first kappa shape index (κ1) is 33.6. The molecule has 0 amide bonds. The van der Waals surface area contributed by atoms with Crippen LogP contribution in [0.4, 0.5) is 0 Å². The number of aliphatic hydroxyl groups excluding tert-OH is 1. The van der Waals surface area contributed by atoms with Crippen LogP contribution in [0.2, 0.25) is 0 Å². The van der Waals surface area contributed by atoms with E-state index in [1.165, 1.54) is 7.11 Å². The summed E-state index contributed by atoms with van der Waals surface area (Å²) in [6.07, 6.45) is 6.65. The number of aliphatic hydroxyl groups is 1. The Morgan fingerprint density at radius 1 is 1.11 bits per heavy atom. The summed E-state index contributed by atoms with van der Waals surface area (Å²) in [4.78, 5) is 39.8. The van der Waals surface area contributed by atoms with Crippen LogP contribution in [0.1, 0.15) is 98.8 Å². The lowest BCUT2D eigenvalue weighted by Gasteiger charge is -2.58. The lowest BCUT2D eigenvalue weighted by Crippen LogP contribution is -2.64. The van der Waals surface area contributed by atoms with E-state index in [4.69, 9.17) is 18.9 Å². The number of aliphatic carboxylic acids is 1. The zero-order valence-electron chi connectivity index (χ0n) is 27.5. The van der Waals surface area contributed by atoms with Gasteiger partial charge in [0.15, 0.2) is 12.4 Å². The molecule has 248 valence electrons. The molecule has 1 heterocycles. The van der Waals surface area contributed by atoms with Crippen LogP contribution in [-0.2, 0) is 33.3 Å². The molecule has 9 nitrogen and oxygen atoms in total. The molecule has 9 heteroatoms. The van der Waals surface area contributed by atoms with E-state index < -0.39 is 58.9 Å². The lowest BCUT2D eigenvalue weighted by molar-refractivity contribution is -0.309. The van der Waals surface area contributed by atoms with E-state index in [9.17, 15) is 24.6 Å². The van der Waals surface area contributed by atoms with Crippen molar-refractivity contribution in [1.29, 1.82) is 0 Å². The molecule has 3 saturated carbocycles. The average Bonchev–Trinajstić information content (AvgIpc) is 3.55. The van der Waals surface area contributed by atoms with Crippen LogP contribution in [-0.4, -0.2) is 72.9 Å². The molecular weight excluding hydrogens is 564 g/mol. The summed E-state index contributed by atoms with van der Waals surface area (Å²) in [5, 5.41) is 22.7. The molecule has 44 heavy (non-hydrogen) atoms. The first-order valence-electron chi connectivity index (χ1n) is 17.0. The number of aldehydes is 1. The second-order valence-corrected chi connectivity index (χ2v) is 14.8. The number of carbonyl (C=O) groups excluding carboxylic acids is 2. The first-order chi connectivity index (χ1) is 20.9.